The van der Waals surface area contributed by atoms with Crippen LogP contribution in [-0.2, 0) is 11.2 Å². The number of carbonyl (C=O) groups is 1. The minimum Gasteiger partial charge on any atom is -0.355 e. The molecule has 1 saturated heterocycles. The number of piperidine rings is 1. The van der Waals surface area contributed by atoms with Crippen molar-refractivity contribution in [2.75, 3.05) is 13.1 Å². The monoisotopic (exact) mass is 246 g/mol. The molecule has 0 spiro atoms. The summed E-state index contributed by atoms with van der Waals surface area (Å²) in [7, 11) is 0. The van der Waals surface area contributed by atoms with Crippen LogP contribution in [0.5, 0.6) is 0 Å². The molecule has 2 N–H and O–H groups in total. The molecule has 3 nitrogen and oxygen atoms in total. The molecule has 1 heterocycles. The van der Waals surface area contributed by atoms with Crippen LogP contribution < -0.4 is 10.6 Å². The summed E-state index contributed by atoms with van der Waals surface area (Å²) < 4.78 is 0. The second-order valence-electron chi connectivity index (χ2n) is 4.88. The van der Waals surface area contributed by atoms with Gasteiger partial charge in [0.05, 0.1) is 6.04 Å². The standard InChI is InChI=1S/C15H22N2O/c18-15-14(10-6-12-17-15)16-11-5-4-9-13-7-2-1-3-8-13/h1-3,7-8,14,16H,4-6,9-12H2,(H,17,18). The number of rotatable bonds is 6. The number of nitrogens with one attached hydrogen (secondary N) is 2. The zero-order valence-corrected chi connectivity index (χ0v) is 10.8. The molecule has 0 aliphatic carbocycles. The Labute approximate surface area is 109 Å². The van der Waals surface area contributed by atoms with Gasteiger partial charge >= 0.3 is 0 Å². The van der Waals surface area contributed by atoms with Crippen LogP contribution >= 0.6 is 0 Å². The van der Waals surface area contributed by atoms with Gasteiger partial charge in [0.1, 0.15) is 0 Å². The van der Waals surface area contributed by atoms with E-state index < -0.39 is 0 Å². The molecule has 1 fully saturated rings. The van der Waals surface area contributed by atoms with E-state index in [1.54, 1.807) is 0 Å². The van der Waals surface area contributed by atoms with E-state index in [1.807, 2.05) is 6.07 Å². The molecule has 1 unspecified atom stereocenters. The Hall–Kier alpha value is -1.35. The Kier molecular flexibility index (Phi) is 5.21. The molecular weight excluding hydrogens is 224 g/mol. The summed E-state index contributed by atoms with van der Waals surface area (Å²) in [5.74, 6) is 0.171. The first-order valence-electron chi connectivity index (χ1n) is 6.91. The predicted molar refractivity (Wildman–Crippen MR) is 73.4 cm³/mol. The maximum atomic E-state index is 11.5. The van der Waals surface area contributed by atoms with Crippen molar-refractivity contribution in [1.29, 1.82) is 0 Å². The second-order valence-corrected chi connectivity index (χ2v) is 4.88. The molecule has 18 heavy (non-hydrogen) atoms. The first-order chi connectivity index (χ1) is 8.86. The zero-order valence-electron chi connectivity index (χ0n) is 10.8. The molecular formula is C15H22N2O. The lowest BCUT2D eigenvalue weighted by molar-refractivity contribution is -0.124. The summed E-state index contributed by atoms with van der Waals surface area (Å²) in [5, 5.41) is 6.24. The van der Waals surface area contributed by atoms with Crippen LogP contribution in [-0.4, -0.2) is 25.0 Å². The van der Waals surface area contributed by atoms with E-state index in [0.29, 0.717) is 0 Å². The highest BCUT2D eigenvalue weighted by molar-refractivity contribution is 5.82. The third-order valence-electron chi connectivity index (χ3n) is 3.41. The van der Waals surface area contributed by atoms with Crippen molar-refractivity contribution in [3.05, 3.63) is 35.9 Å². The van der Waals surface area contributed by atoms with E-state index in [0.717, 1.165) is 38.8 Å². The summed E-state index contributed by atoms with van der Waals surface area (Å²) in [6, 6.07) is 10.6. The van der Waals surface area contributed by atoms with Crippen molar-refractivity contribution < 1.29 is 4.79 Å². The van der Waals surface area contributed by atoms with Crippen LogP contribution in [0.25, 0.3) is 0 Å². The van der Waals surface area contributed by atoms with Crippen LogP contribution in [0.3, 0.4) is 0 Å². The zero-order chi connectivity index (χ0) is 12.6. The van der Waals surface area contributed by atoms with Crippen LogP contribution in [0.1, 0.15) is 31.2 Å². The molecule has 1 aliphatic heterocycles. The van der Waals surface area contributed by atoms with Gasteiger partial charge < -0.3 is 10.6 Å². The van der Waals surface area contributed by atoms with E-state index in [4.69, 9.17) is 0 Å². The van der Waals surface area contributed by atoms with Gasteiger partial charge in [-0.2, -0.15) is 0 Å². The normalized spacial score (nSPS) is 19.6. The van der Waals surface area contributed by atoms with Crippen molar-refractivity contribution in [1.82, 2.24) is 10.6 Å². The topological polar surface area (TPSA) is 41.1 Å². The minimum absolute atomic E-state index is 0.0375. The molecule has 1 amide bonds. The number of hydrogen-bond acceptors (Lipinski definition) is 2. The number of unbranched alkanes of at least 4 members (excludes halogenated alkanes) is 1. The Morgan fingerprint density at radius 2 is 2.06 bits per heavy atom. The van der Waals surface area contributed by atoms with Crippen LogP contribution in [0.4, 0.5) is 0 Å². The van der Waals surface area contributed by atoms with E-state index in [9.17, 15) is 4.79 Å². The van der Waals surface area contributed by atoms with Gasteiger partial charge in [0.15, 0.2) is 0 Å². The Bertz CT molecular complexity index is 364. The van der Waals surface area contributed by atoms with Crippen LogP contribution in [0.2, 0.25) is 0 Å². The summed E-state index contributed by atoms with van der Waals surface area (Å²) >= 11 is 0. The molecule has 0 aromatic heterocycles. The molecule has 0 saturated carbocycles. The molecule has 1 aliphatic rings. The summed E-state index contributed by atoms with van der Waals surface area (Å²) in [5.41, 5.74) is 1.40. The number of carbonyl (C=O) groups excluding carboxylic acids is 1. The van der Waals surface area contributed by atoms with Crippen molar-refractivity contribution in [2.45, 2.75) is 38.1 Å². The van der Waals surface area contributed by atoms with Gasteiger partial charge in [0.25, 0.3) is 0 Å². The number of amides is 1. The van der Waals surface area contributed by atoms with Crippen molar-refractivity contribution in [2.24, 2.45) is 0 Å². The van der Waals surface area contributed by atoms with E-state index in [1.165, 1.54) is 12.0 Å². The smallest absolute Gasteiger partial charge is 0.237 e. The average Bonchev–Trinajstić information content (AvgIpc) is 2.42. The molecule has 0 radical (unpaired) electrons. The minimum atomic E-state index is 0.0375. The molecule has 3 heteroatoms. The third-order valence-corrected chi connectivity index (χ3v) is 3.41. The van der Waals surface area contributed by atoms with Gasteiger partial charge in [-0.3, -0.25) is 4.79 Å². The quantitative estimate of drug-likeness (QED) is 0.752. The summed E-state index contributed by atoms with van der Waals surface area (Å²) in [6.45, 7) is 1.77. The van der Waals surface area contributed by atoms with Gasteiger partial charge in [0, 0.05) is 6.54 Å². The highest BCUT2D eigenvalue weighted by atomic mass is 16.2. The second kappa shape index (κ2) is 7.17. The predicted octanol–water partition coefficient (Wildman–Crippen LogP) is 1.88. The van der Waals surface area contributed by atoms with Crippen molar-refractivity contribution in [3.8, 4) is 0 Å². The van der Waals surface area contributed by atoms with E-state index >= 15 is 0 Å². The maximum Gasteiger partial charge on any atom is 0.237 e. The van der Waals surface area contributed by atoms with E-state index in [2.05, 4.69) is 34.9 Å². The lowest BCUT2D eigenvalue weighted by Gasteiger charge is -2.22. The fourth-order valence-corrected chi connectivity index (χ4v) is 2.34. The first-order valence-corrected chi connectivity index (χ1v) is 6.91. The van der Waals surface area contributed by atoms with E-state index in [-0.39, 0.29) is 11.9 Å². The van der Waals surface area contributed by atoms with Gasteiger partial charge in [-0.05, 0) is 44.2 Å². The molecule has 98 valence electrons. The Morgan fingerprint density at radius 1 is 1.22 bits per heavy atom. The van der Waals surface area contributed by atoms with Crippen molar-refractivity contribution in [3.63, 3.8) is 0 Å². The fraction of sp³-hybridized carbons (Fsp3) is 0.533. The number of hydrogen-bond donors (Lipinski definition) is 2. The highest BCUT2D eigenvalue weighted by Crippen LogP contribution is 2.05. The first kappa shape index (κ1) is 13.1. The Balaban J connectivity index is 1.57. The number of benzene rings is 1. The molecule has 0 bridgehead atoms. The average molecular weight is 246 g/mol. The fourth-order valence-electron chi connectivity index (χ4n) is 2.34. The summed E-state index contributed by atoms with van der Waals surface area (Å²) in [6.07, 6.45) is 5.49. The van der Waals surface area contributed by atoms with Gasteiger partial charge in [-0.15, -0.1) is 0 Å². The molecule has 1 atom stereocenters. The van der Waals surface area contributed by atoms with Crippen LogP contribution in [0.15, 0.2) is 30.3 Å². The van der Waals surface area contributed by atoms with Gasteiger partial charge in [0.2, 0.25) is 5.91 Å². The largest absolute Gasteiger partial charge is 0.355 e. The van der Waals surface area contributed by atoms with Gasteiger partial charge in [-0.25, -0.2) is 0 Å². The molecule has 2 rings (SSSR count). The third kappa shape index (κ3) is 4.15. The molecule has 1 aromatic carbocycles. The highest BCUT2D eigenvalue weighted by Gasteiger charge is 2.20. The van der Waals surface area contributed by atoms with Crippen LogP contribution in [0, 0.1) is 0 Å². The lowest BCUT2D eigenvalue weighted by Crippen LogP contribution is -2.48. The Morgan fingerprint density at radius 3 is 2.83 bits per heavy atom. The number of aryl methyl sites for hydroxylation is 1. The van der Waals surface area contributed by atoms with Gasteiger partial charge in [-0.1, -0.05) is 30.3 Å². The summed E-state index contributed by atoms with van der Waals surface area (Å²) in [4.78, 5) is 11.5. The SMILES string of the molecule is O=C1NCCCC1NCCCCc1ccccc1. The van der Waals surface area contributed by atoms with Crippen molar-refractivity contribution >= 4 is 5.91 Å². The maximum absolute atomic E-state index is 11.5. The lowest BCUT2D eigenvalue weighted by atomic mass is 10.1. The molecule has 1 aromatic rings.